The number of rotatable bonds is 7. The Balaban J connectivity index is 0.00000400. The fourth-order valence-corrected chi connectivity index (χ4v) is 2.52. The van der Waals surface area contributed by atoms with Crippen molar-refractivity contribution in [1.82, 2.24) is 10.2 Å². The monoisotopic (exact) mass is 413 g/mol. The van der Waals surface area contributed by atoms with Gasteiger partial charge in [0.25, 0.3) is 0 Å². The summed E-state index contributed by atoms with van der Waals surface area (Å²) in [6, 6.07) is 0. The van der Waals surface area contributed by atoms with E-state index in [4.69, 9.17) is 4.74 Å². The highest BCUT2D eigenvalue weighted by atomic mass is 127. The second-order valence-electron chi connectivity index (χ2n) is 5.66. The molecule has 1 aliphatic rings. The first kappa shape index (κ1) is 20.9. The van der Waals surface area contributed by atoms with Crippen molar-refractivity contribution in [2.24, 2.45) is 10.9 Å². The van der Waals surface area contributed by atoms with Crippen LogP contribution < -0.4 is 5.32 Å². The maximum absolute atomic E-state index is 10.4. The van der Waals surface area contributed by atoms with Crippen LogP contribution in [-0.4, -0.2) is 61.5 Å². The number of halogens is 1. The third-order valence-electron chi connectivity index (χ3n) is 4.16. The Morgan fingerprint density at radius 2 is 2.05 bits per heavy atom. The summed E-state index contributed by atoms with van der Waals surface area (Å²) in [5.41, 5.74) is -0.674. The van der Waals surface area contributed by atoms with Crippen LogP contribution in [0.4, 0.5) is 0 Å². The summed E-state index contributed by atoms with van der Waals surface area (Å²) in [6.45, 7) is 10.2. The van der Waals surface area contributed by atoms with Crippen LogP contribution in [-0.2, 0) is 4.74 Å². The van der Waals surface area contributed by atoms with Crippen molar-refractivity contribution < 1.29 is 9.84 Å². The summed E-state index contributed by atoms with van der Waals surface area (Å²) < 4.78 is 5.24. The van der Waals surface area contributed by atoms with Crippen molar-refractivity contribution in [2.75, 3.05) is 39.9 Å². The first-order valence-electron chi connectivity index (χ1n) is 7.83. The maximum atomic E-state index is 10.4. The SMILES string of the molecule is CCNC(=NCC(O)(CC)CC)N1CCC(COC)C1.I. The third kappa shape index (κ3) is 6.69. The zero-order valence-electron chi connectivity index (χ0n) is 13.9. The molecule has 0 bridgehead atoms. The van der Waals surface area contributed by atoms with E-state index in [1.807, 2.05) is 13.8 Å². The molecule has 1 fully saturated rings. The van der Waals surface area contributed by atoms with Crippen LogP contribution >= 0.6 is 24.0 Å². The molecule has 6 heteroatoms. The van der Waals surface area contributed by atoms with Gasteiger partial charge in [-0.1, -0.05) is 13.8 Å². The number of hydrogen-bond acceptors (Lipinski definition) is 3. The molecular formula is C15H32IN3O2. The maximum Gasteiger partial charge on any atom is 0.194 e. The lowest BCUT2D eigenvalue weighted by Gasteiger charge is -2.26. The molecule has 0 amide bonds. The van der Waals surface area contributed by atoms with Gasteiger partial charge in [-0.25, -0.2) is 0 Å². The van der Waals surface area contributed by atoms with E-state index in [0.717, 1.165) is 51.5 Å². The fraction of sp³-hybridized carbons (Fsp3) is 0.933. The van der Waals surface area contributed by atoms with Crippen molar-refractivity contribution in [3.05, 3.63) is 0 Å². The molecule has 0 saturated carbocycles. The van der Waals surface area contributed by atoms with Crippen molar-refractivity contribution in [3.63, 3.8) is 0 Å². The second-order valence-corrected chi connectivity index (χ2v) is 5.66. The molecule has 0 radical (unpaired) electrons. The molecule has 21 heavy (non-hydrogen) atoms. The zero-order chi connectivity index (χ0) is 15.0. The van der Waals surface area contributed by atoms with E-state index in [-0.39, 0.29) is 24.0 Å². The molecule has 5 nitrogen and oxygen atoms in total. The number of guanidine groups is 1. The number of hydrogen-bond donors (Lipinski definition) is 2. The van der Waals surface area contributed by atoms with Crippen molar-refractivity contribution in [2.45, 2.75) is 45.6 Å². The Hall–Kier alpha value is -0.0800. The van der Waals surface area contributed by atoms with Gasteiger partial charge >= 0.3 is 0 Å². The number of aliphatic hydroxyl groups is 1. The number of ether oxygens (including phenoxy) is 1. The second kappa shape index (κ2) is 10.6. The van der Waals surface area contributed by atoms with Gasteiger partial charge in [0.2, 0.25) is 0 Å². The van der Waals surface area contributed by atoms with Crippen LogP contribution in [0.1, 0.15) is 40.0 Å². The molecule has 1 aliphatic heterocycles. The summed E-state index contributed by atoms with van der Waals surface area (Å²) >= 11 is 0. The molecule has 1 atom stereocenters. The van der Waals surface area contributed by atoms with E-state index in [0.29, 0.717) is 12.5 Å². The highest BCUT2D eigenvalue weighted by molar-refractivity contribution is 14.0. The van der Waals surface area contributed by atoms with E-state index >= 15 is 0 Å². The molecule has 1 unspecified atom stereocenters. The van der Waals surface area contributed by atoms with E-state index in [1.165, 1.54) is 0 Å². The Morgan fingerprint density at radius 3 is 2.57 bits per heavy atom. The minimum absolute atomic E-state index is 0. The Kier molecular flexibility index (Phi) is 10.6. The fourth-order valence-electron chi connectivity index (χ4n) is 2.52. The molecule has 126 valence electrons. The normalized spacial score (nSPS) is 19.6. The topological polar surface area (TPSA) is 57.1 Å². The Labute approximate surface area is 146 Å². The summed E-state index contributed by atoms with van der Waals surface area (Å²) in [6.07, 6.45) is 2.61. The highest BCUT2D eigenvalue weighted by Crippen LogP contribution is 2.18. The number of nitrogens with zero attached hydrogens (tertiary/aromatic N) is 2. The quantitative estimate of drug-likeness (QED) is 0.381. The van der Waals surface area contributed by atoms with Crippen LogP contribution in [0.3, 0.4) is 0 Å². The van der Waals surface area contributed by atoms with Crippen LogP contribution in [0.15, 0.2) is 4.99 Å². The van der Waals surface area contributed by atoms with Gasteiger partial charge in [-0.2, -0.15) is 0 Å². The number of methoxy groups -OCH3 is 1. The van der Waals surface area contributed by atoms with Gasteiger partial charge in [0.15, 0.2) is 5.96 Å². The van der Waals surface area contributed by atoms with Crippen LogP contribution in [0.25, 0.3) is 0 Å². The van der Waals surface area contributed by atoms with Gasteiger partial charge in [0, 0.05) is 32.7 Å². The third-order valence-corrected chi connectivity index (χ3v) is 4.16. The van der Waals surface area contributed by atoms with E-state index in [9.17, 15) is 5.11 Å². The number of nitrogens with one attached hydrogen (secondary N) is 1. The van der Waals surface area contributed by atoms with E-state index in [2.05, 4.69) is 22.1 Å². The minimum atomic E-state index is -0.674. The molecule has 0 aromatic carbocycles. The van der Waals surface area contributed by atoms with Crippen LogP contribution in [0.2, 0.25) is 0 Å². The van der Waals surface area contributed by atoms with Crippen molar-refractivity contribution in [3.8, 4) is 0 Å². The summed E-state index contributed by atoms with van der Waals surface area (Å²) in [5.74, 6) is 1.51. The van der Waals surface area contributed by atoms with Gasteiger partial charge in [-0.05, 0) is 26.2 Å². The van der Waals surface area contributed by atoms with Crippen molar-refractivity contribution >= 4 is 29.9 Å². The van der Waals surface area contributed by atoms with Crippen LogP contribution in [0.5, 0.6) is 0 Å². The average Bonchev–Trinajstić information content (AvgIpc) is 2.92. The van der Waals surface area contributed by atoms with Gasteiger partial charge in [-0.3, -0.25) is 4.99 Å². The summed E-state index contributed by atoms with van der Waals surface area (Å²) in [4.78, 5) is 6.92. The standard InChI is InChI=1S/C15H31N3O2.HI/c1-5-15(19,6-2)12-17-14(16-7-3)18-9-8-13(10-18)11-20-4;/h13,19H,5-12H2,1-4H3,(H,16,17);1H. The van der Waals surface area contributed by atoms with E-state index in [1.54, 1.807) is 7.11 Å². The first-order valence-corrected chi connectivity index (χ1v) is 7.83. The molecule has 2 N–H and O–H groups in total. The van der Waals surface area contributed by atoms with Gasteiger partial charge in [-0.15, -0.1) is 24.0 Å². The summed E-state index contributed by atoms with van der Waals surface area (Å²) in [5, 5.41) is 13.7. The molecule has 0 aliphatic carbocycles. The van der Waals surface area contributed by atoms with Gasteiger partial charge < -0.3 is 20.1 Å². The largest absolute Gasteiger partial charge is 0.388 e. The first-order chi connectivity index (χ1) is 9.58. The van der Waals surface area contributed by atoms with Crippen molar-refractivity contribution in [1.29, 1.82) is 0 Å². The molecule has 0 spiro atoms. The molecule has 1 saturated heterocycles. The smallest absolute Gasteiger partial charge is 0.194 e. The van der Waals surface area contributed by atoms with Crippen LogP contribution in [0, 0.1) is 5.92 Å². The average molecular weight is 413 g/mol. The predicted molar refractivity (Wildman–Crippen MR) is 98.5 cm³/mol. The highest BCUT2D eigenvalue weighted by Gasteiger charge is 2.26. The molecular weight excluding hydrogens is 381 g/mol. The Bertz CT molecular complexity index is 309. The Morgan fingerprint density at radius 1 is 1.38 bits per heavy atom. The number of aliphatic imine (C=N–C) groups is 1. The molecule has 0 aromatic rings. The zero-order valence-corrected chi connectivity index (χ0v) is 16.2. The predicted octanol–water partition coefficient (Wildman–Crippen LogP) is 2.09. The summed E-state index contributed by atoms with van der Waals surface area (Å²) in [7, 11) is 1.75. The molecule has 1 heterocycles. The minimum Gasteiger partial charge on any atom is -0.388 e. The number of likely N-dealkylation sites (tertiary alicyclic amines) is 1. The van der Waals surface area contributed by atoms with E-state index < -0.39 is 5.60 Å². The lowest BCUT2D eigenvalue weighted by Crippen LogP contribution is -2.42. The van der Waals surface area contributed by atoms with Gasteiger partial charge in [0.05, 0.1) is 18.8 Å². The lowest BCUT2D eigenvalue weighted by atomic mass is 9.98. The molecule has 1 rings (SSSR count). The van der Waals surface area contributed by atoms with Gasteiger partial charge in [0.1, 0.15) is 0 Å². The lowest BCUT2D eigenvalue weighted by molar-refractivity contribution is 0.0416. The molecule has 0 aromatic heterocycles.